The zero-order chi connectivity index (χ0) is 12.8. The molecule has 0 spiro atoms. The fraction of sp³-hybridized carbons (Fsp3) is 1.00. The summed E-state index contributed by atoms with van der Waals surface area (Å²) in [4.78, 5) is 0. The van der Waals surface area contributed by atoms with Gasteiger partial charge in [0.15, 0.2) is 0 Å². The molecule has 0 aliphatic rings. The first-order chi connectivity index (χ1) is 8.35. The average molecular weight is 247 g/mol. The van der Waals surface area contributed by atoms with E-state index in [9.17, 15) is 0 Å². The first-order valence-electron chi connectivity index (χ1n) is 6.61. The van der Waals surface area contributed by atoms with Crippen molar-refractivity contribution in [2.75, 3.05) is 53.7 Å². The van der Waals surface area contributed by atoms with Crippen LogP contribution in [0.2, 0.25) is 0 Å². The van der Waals surface area contributed by atoms with Crippen molar-refractivity contribution in [3.05, 3.63) is 0 Å². The summed E-state index contributed by atoms with van der Waals surface area (Å²) in [6, 6.07) is 0. The molecule has 0 fully saturated rings. The zero-order valence-corrected chi connectivity index (χ0v) is 11.7. The van der Waals surface area contributed by atoms with Crippen LogP contribution >= 0.6 is 0 Å². The quantitative estimate of drug-likeness (QED) is 0.503. The van der Waals surface area contributed by atoms with E-state index < -0.39 is 0 Å². The fourth-order valence-corrected chi connectivity index (χ4v) is 1.59. The van der Waals surface area contributed by atoms with Gasteiger partial charge in [0, 0.05) is 40.6 Å². The van der Waals surface area contributed by atoms with Gasteiger partial charge in [0.25, 0.3) is 0 Å². The Bertz CT molecular complexity index is 145. The van der Waals surface area contributed by atoms with Crippen LogP contribution in [0.15, 0.2) is 0 Å². The van der Waals surface area contributed by atoms with E-state index in [0.717, 1.165) is 52.4 Å². The van der Waals surface area contributed by atoms with Crippen molar-refractivity contribution in [1.82, 2.24) is 5.32 Å². The predicted octanol–water partition coefficient (Wildman–Crippen LogP) is 1.69. The zero-order valence-electron chi connectivity index (χ0n) is 11.7. The molecule has 0 aliphatic carbocycles. The summed E-state index contributed by atoms with van der Waals surface area (Å²) in [5.74, 6) is 0.703. The second kappa shape index (κ2) is 13.9. The SMILES string of the molecule is CCC(CCOCCCOC)CNCCOC. The van der Waals surface area contributed by atoms with E-state index in [1.807, 2.05) is 0 Å². The molecule has 0 amide bonds. The van der Waals surface area contributed by atoms with E-state index in [2.05, 4.69) is 12.2 Å². The topological polar surface area (TPSA) is 39.7 Å². The summed E-state index contributed by atoms with van der Waals surface area (Å²) < 4.78 is 15.5. The van der Waals surface area contributed by atoms with Crippen LogP contribution < -0.4 is 5.32 Å². The molecule has 0 aromatic heterocycles. The molecule has 1 atom stereocenters. The van der Waals surface area contributed by atoms with E-state index in [-0.39, 0.29) is 0 Å². The van der Waals surface area contributed by atoms with Crippen molar-refractivity contribution >= 4 is 0 Å². The third-order valence-corrected chi connectivity index (χ3v) is 2.80. The lowest BCUT2D eigenvalue weighted by molar-refractivity contribution is 0.0929. The fourth-order valence-electron chi connectivity index (χ4n) is 1.59. The Hall–Kier alpha value is -0.160. The first-order valence-corrected chi connectivity index (χ1v) is 6.61. The molecule has 1 N–H and O–H groups in total. The summed E-state index contributed by atoms with van der Waals surface area (Å²) in [7, 11) is 3.45. The summed E-state index contributed by atoms with van der Waals surface area (Å²) in [5, 5.41) is 3.40. The Morgan fingerprint density at radius 3 is 2.41 bits per heavy atom. The van der Waals surface area contributed by atoms with Crippen molar-refractivity contribution in [2.24, 2.45) is 5.92 Å². The van der Waals surface area contributed by atoms with Crippen molar-refractivity contribution in [2.45, 2.75) is 26.2 Å². The molecule has 0 rings (SSSR count). The molecule has 0 aromatic carbocycles. The molecule has 104 valence electrons. The van der Waals surface area contributed by atoms with Gasteiger partial charge >= 0.3 is 0 Å². The molecule has 17 heavy (non-hydrogen) atoms. The van der Waals surface area contributed by atoms with Crippen LogP contribution in [0.25, 0.3) is 0 Å². The number of rotatable bonds is 13. The molecule has 0 bridgehead atoms. The van der Waals surface area contributed by atoms with Crippen LogP contribution in [-0.2, 0) is 14.2 Å². The van der Waals surface area contributed by atoms with Gasteiger partial charge in [0.2, 0.25) is 0 Å². The van der Waals surface area contributed by atoms with E-state index in [0.29, 0.717) is 5.92 Å². The molecule has 0 heterocycles. The van der Waals surface area contributed by atoms with Gasteiger partial charge in [-0.2, -0.15) is 0 Å². The van der Waals surface area contributed by atoms with Crippen LogP contribution in [0.4, 0.5) is 0 Å². The van der Waals surface area contributed by atoms with Gasteiger partial charge in [-0.15, -0.1) is 0 Å². The van der Waals surface area contributed by atoms with Gasteiger partial charge in [-0.25, -0.2) is 0 Å². The summed E-state index contributed by atoms with van der Waals surface area (Å²) >= 11 is 0. The minimum atomic E-state index is 0.703. The van der Waals surface area contributed by atoms with Crippen LogP contribution in [-0.4, -0.2) is 53.7 Å². The third kappa shape index (κ3) is 12.1. The lowest BCUT2D eigenvalue weighted by atomic mass is 10.0. The van der Waals surface area contributed by atoms with Crippen LogP contribution in [0, 0.1) is 5.92 Å². The van der Waals surface area contributed by atoms with Gasteiger partial charge in [-0.3, -0.25) is 0 Å². The minimum Gasteiger partial charge on any atom is -0.385 e. The maximum absolute atomic E-state index is 5.56. The maximum atomic E-state index is 5.56. The molecule has 0 aromatic rings. The van der Waals surface area contributed by atoms with E-state index in [4.69, 9.17) is 14.2 Å². The second-order valence-electron chi connectivity index (χ2n) is 4.22. The predicted molar refractivity (Wildman–Crippen MR) is 70.5 cm³/mol. The molecular formula is C13H29NO3. The smallest absolute Gasteiger partial charge is 0.0587 e. The minimum absolute atomic E-state index is 0.703. The maximum Gasteiger partial charge on any atom is 0.0587 e. The highest BCUT2D eigenvalue weighted by Crippen LogP contribution is 2.06. The van der Waals surface area contributed by atoms with Gasteiger partial charge < -0.3 is 19.5 Å². The van der Waals surface area contributed by atoms with Crippen LogP contribution in [0.3, 0.4) is 0 Å². The lowest BCUT2D eigenvalue weighted by Gasteiger charge is -2.15. The Kier molecular flexibility index (Phi) is 13.8. The Balaban J connectivity index is 3.28. The standard InChI is InChI=1S/C13H29NO3/c1-4-13(12-14-7-11-16-3)6-10-17-9-5-8-15-2/h13-14H,4-12H2,1-3H3. The molecule has 1 unspecified atom stereocenters. The third-order valence-electron chi connectivity index (χ3n) is 2.80. The second-order valence-corrected chi connectivity index (χ2v) is 4.22. The number of methoxy groups -OCH3 is 2. The van der Waals surface area contributed by atoms with E-state index >= 15 is 0 Å². The molecular weight excluding hydrogens is 218 g/mol. The molecule has 0 aliphatic heterocycles. The molecule has 4 nitrogen and oxygen atoms in total. The molecule has 0 saturated heterocycles. The molecule has 0 saturated carbocycles. The van der Waals surface area contributed by atoms with Gasteiger partial charge in [0.1, 0.15) is 0 Å². The van der Waals surface area contributed by atoms with Crippen molar-refractivity contribution in [3.63, 3.8) is 0 Å². The summed E-state index contributed by atoms with van der Waals surface area (Å²) in [6.07, 6.45) is 3.31. The first kappa shape index (κ1) is 16.8. The van der Waals surface area contributed by atoms with Crippen molar-refractivity contribution < 1.29 is 14.2 Å². The van der Waals surface area contributed by atoms with Crippen LogP contribution in [0.5, 0.6) is 0 Å². The van der Waals surface area contributed by atoms with E-state index in [1.54, 1.807) is 14.2 Å². The van der Waals surface area contributed by atoms with Crippen molar-refractivity contribution in [3.8, 4) is 0 Å². The number of ether oxygens (including phenoxy) is 3. The Labute approximate surface area is 106 Å². The van der Waals surface area contributed by atoms with Gasteiger partial charge in [0.05, 0.1) is 6.61 Å². The van der Waals surface area contributed by atoms with Gasteiger partial charge in [-0.05, 0) is 25.3 Å². The number of hydrogen-bond donors (Lipinski definition) is 1. The lowest BCUT2D eigenvalue weighted by Crippen LogP contribution is -2.26. The van der Waals surface area contributed by atoms with Crippen molar-refractivity contribution in [1.29, 1.82) is 0 Å². The Morgan fingerprint density at radius 1 is 1.00 bits per heavy atom. The monoisotopic (exact) mass is 247 g/mol. The van der Waals surface area contributed by atoms with Gasteiger partial charge in [-0.1, -0.05) is 13.3 Å². The normalized spacial score (nSPS) is 12.9. The van der Waals surface area contributed by atoms with Crippen LogP contribution in [0.1, 0.15) is 26.2 Å². The highest BCUT2D eigenvalue weighted by Gasteiger charge is 2.05. The highest BCUT2D eigenvalue weighted by atomic mass is 16.5. The molecule has 4 heteroatoms. The highest BCUT2D eigenvalue weighted by molar-refractivity contribution is 4.60. The van der Waals surface area contributed by atoms with E-state index in [1.165, 1.54) is 6.42 Å². The largest absolute Gasteiger partial charge is 0.385 e. The number of nitrogens with one attached hydrogen (secondary N) is 1. The number of hydrogen-bond acceptors (Lipinski definition) is 4. The Morgan fingerprint density at radius 2 is 1.76 bits per heavy atom. The molecule has 0 radical (unpaired) electrons. The summed E-state index contributed by atoms with van der Waals surface area (Å²) in [6.45, 7) is 7.45. The average Bonchev–Trinajstić information content (AvgIpc) is 2.36. The summed E-state index contributed by atoms with van der Waals surface area (Å²) in [5.41, 5.74) is 0.